The Morgan fingerprint density at radius 3 is 1.58 bits per heavy atom. The summed E-state index contributed by atoms with van der Waals surface area (Å²) in [7, 11) is 1.68. The molecule has 0 spiro atoms. The summed E-state index contributed by atoms with van der Waals surface area (Å²) in [5, 5.41) is 6.11. The number of nitrogens with one attached hydrogen (secondary N) is 2. The van der Waals surface area contributed by atoms with E-state index in [0.29, 0.717) is 12.8 Å². The van der Waals surface area contributed by atoms with Gasteiger partial charge in [-0.05, 0) is 53.5 Å². The molecular formula is C18H32F6N2. The molecule has 0 rings (SSSR count). The first-order valence-corrected chi connectivity index (χ1v) is 8.79. The van der Waals surface area contributed by atoms with Crippen molar-refractivity contribution in [1.29, 1.82) is 0 Å². The van der Waals surface area contributed by atoms with Gasteiger partial charge < -0.3 is 5.32 Å². The summed E-state index contributed by atoms with van der Waals surface area (Å²) < 4.78 is 74.1. The molecule has 26 heavy (non-hydrogen) atoms. The van der Waals surface area contributed by atoms with E-state index in [2.05, 4.69) is 10.6 Å². The van der Waals surface area contributed by atoms with Gasteiger partial charge in [0.2, 0.25) is 0 Å². The van der Waals surface area contributed by atoms with Crippen molar-refractivity contribution >= 4 is 0 Å². The van der Waals surface area contributed by atoms with E-state index in [1.54, 1.807) is 7.05 Å². The summed E-state index contributed by atoms with van der Waals surface area (Å²) in [5.74, 6) is 0. The lowest BCUT2D eigenvalue weighted by Crippen LogP contribution is -2.44. The Morgan fingerprint density at radius 1 is 0.846 bits per heavy atom. The monoisotopic (exact) mass is 390 g/mol. The average molecular weight is 390 g/mol. The average Bonchev–Trinajstić information content (AvgIpc) is 2.53. The summed E-state index contributed by atoms with van der Waals surface area (Å²) >= 11 is 0. The third kappa shape index (κ3) is 13.2. The Labute approximate surface area is 153 Å². The van der Waals surface area contributed by atoms with Crippen molar-refractivity contribution in [2.45, 2.75) is 84.9 Å². The van der Waals surface area contributed by atoms with Crippen molar-refractivity contribution in [3.05, 3.63) is 23.3 Å². The standard InChI is InChI=1S/C16H26F6N2.C2H6/c1-11(15(17,18)19)7-5-9-13(3)24-14(23-4)10-6-8-12(2)16(20,21)22;1-2/h7-8,13-14,23-24H,5-6,9-10H2,1-4H3;1-2H3/b11-7-,12-8+;. The van der Waals surface area contributed by atoms with Crippen LogP contribution in [0.3, 0.4) is 0 Å². The highest BCUT2D eigenvalue weighted by Gasteiger charge is 2.30. The molecular weight excluding hydrogens is 358 g/mol. The Kier molecular flexibility index (Phi) is 13.8. The minimum atomic E-state index is -4.31. The van der Waals surface area contributed by atoms with E-state index in [9.17, 15) is 26.3 Å². The van der Waals surface area contributed by atoms with E-state index in [0.717, 1.165) is 26.0 Å². The summed E-state index contributed by atoms with van der Waals surface area (Å²) in [4.78, 5) is 0. The lowest BCUT2D eigenvalue weighted by molar-refractivity contribution is -0.0924. The number of hydrogen-bond donors (Lipinski definition) is 2. The molecule has 0 aliphatic rings. The second-order valence-corrected chi connectivity index (χ2v) is 5.83. The number of alkyl halides is 6. The third-order valence-electron chi connectivity index (χ3n) is 3.68. The van der Waals surface area contributed by atoms with Crippen molar-refractivity contribution in [1.82, 2.24) is 10.6 Å². The lowest BCUT2D eigenvalue weighted by atomic mass is 10.1. The van der Waals surface area contributed by atoms with Gasteiger partial charge in [0.25, 0.3) is 0 Å². The summed E-state index contributed by atoms with van der Waals surface area (Å²) in [6.45, 7) is 7.89. The molecule has 0 bridgehead atoms. The summed E-state index contributed by atoms with van der Waals surface area (Å²) in [6.07, 6.45) is -5.02. The van der Waals surface area contributed by atoms with Gasteiger partial charge in [0, 0.05) is 17.2 Å². The topological polar surface area (TPSA) is 24.1 Å². The lowest BCUT2D eigenvalue weighted by Gasteiger charge is -2.22. The van der Waals surface area contributed by atoms with E-state index in [4.69, 9.17) is 0 Å². The van der Waals surface area contributed by atoms with Gasteiger partial charge in [-0.1, -0.05) is 26.0 Å². The first kappa shape index (κ1) is 27.2. The maximum absolute atomic E-state index is 12.4. The molecule has 2 nitrogen and oxygen atoms in total. The zero-order chi connectivity index (χ0) is 21.0. The molecule has 0 aromatic carbocycles. The van der Waals surface area contributed by atoms with Crippen LogP contribution in [0.4, 0.5) is 26.3 Å². The largest absolute Gasteiger partial charge is 0.412 e. The van der Waals surface area contributed by atoms with Crippen LogP contribution in [0.1, 0.15) is 60.3 Å². The predicted octanol–water partition coefficient (Wildman–Crippen LogP) is 6.11. The second kappa shape index (κ2) is 13.2. The van der Waals surface area contributed by atoms with Crippen molar-refractivity contribution < 1.29 is 26.3 Å². The van der Waals surface area contributed by atoms with Crippen molar-refractivity contribution in [3.63, 3.8) is 0 Å². The Morgan fingerprint density at radius 2 is 1.23 bits per heavy atom. The minimum absolute atomic E-state index is 0.0626. The van der Waals surface area contributed by atoms with Gasteiger partial charge >= 0.3 is 12.4 Å². The highest BCUT2D eigenvalue weighted by Crippen LogP contribution is 2.26. The van der Waals surface area contributed by atoms with Gasteiger partial charge in [-0.15, -0.1) is 0 Å². The van der Waals surface area contributed by atoms with E-state index in [1.807, 2.05) is 20.8 Å². The van der Waals surface area contributed by atoms with Crippen LogP contribution in [0, 0.1) is 0 Å². The Bertz CT molecular complexity index is 424. The van der Waals surface area contributed by atoms with Crippen LogP contribution in [0.15, 0.2) is 23.3 Å². The number of halogens is 6. The van der Waals surface area contributed by atoms with Crippen LogP contribution in [-0.4, -0.2) is 31.6 Å². The van der Waals surface area contributed by atoms with Crippen LogP contribution in [-0.2, 0) is 0 Å². The zero-order valence-electron chi connectivity index (χ0n) is 16.4. The highest BCUT2D eigenvalue weighted by molar-refractivity contribution is 5.05. The van der Waals surface area contributed by atoms with Crippen LogP contribution >= 0.6 is 0 Å². The molecule has 0 radical (unpaired) electrons. The van der Waals surface area contributed by atoms with Crippen LogP contribution < -0.4 is 10.6 Å². The molecule has 0 aliphatic heterocycles. The van der Waals surface area contributed by atoms with Gasteiger partial charge in [0.15, 0.2) is 0 Å². The smallest absolute Gasteiger partial charge is 0.305 e. The molecule has 0 saturated heterocycles. The highest BCUT2D eigenvalue weighted by atomic mass is 19.4. The maximum Gasteiger partial charge on any atom is 0.412 e. The Hall–Kier alpha value is -1.02. The minimum Gasteiger partial charge on any atom is -0.305 e. The van der Waals surface area contributed by atoms with Gasteiger partial charge in [0.05, 0.1) is 6.17 Å². The summed E-state index contributed by atoms with van der Waals surface area (Å²) in [5.41, 5.74) is -1.24. The maximum atomic E-state index is 12.4. The second-order valence-electron chi connectivity index (χ2n) is 5.83. The molecule has 8 heteroatoms. The van der Waals surface area contributed by atoms with Gasteiger partial charge in [0.1, 0.15) is 0 Å². The zero-order valence-corrected chi connectivity index (χ0v) is 16.4. The summed E-state index contributed by atoms with van der Waals surface area (Å²) in [6, 6.07) is -0.0626. The molecule has 0 saturated carbocycles. The van der Waals surface area contributed by atoms with E-state index in [-0.39, 0.29) is 25.0 Å². The van der Waals surface area contributed by atoms with Gasteiger partial charge in [-0.25, -0.2) is 0 Å². The van der Waals surface area contributed by atoms with Crippen molar-refractivity contribution in [3.8, 4) is 0 Å². The molecule has 0 amide bonds. The van der Waals surface area contributed by atoms with Crippen LogP contribution in [0.2, 0.25) is 0 Å². The van der Waals surface area contributed by atoms with E-state index in [1.165, 1.54) is 0 Å². The fourth-order valence-corrected chi connectivity index (χ4v) is 1.99. The number of rotatable bonds is 9. The molecule has 0 aromatic heterocycles. The van der Waals surface area contributed by atoms with Gasteiger partial charge in [-0.3, -0.25) is 5.32 Å². The molecule has 2 atom stereocenters. The first-order chi connectivity index (χ1) is 11.9. The third-order valence-corrected chi connectivity index (χ3v) is 3.68. The number of hydrogen-bond acceptors (Lipinski definition) is 2. The first-order valence-electron chi connectivity index (χ1n) is 8.79. The van der Waals surface area contributed by atoms with Crippen molar-refractivity contribution in [2.24, 2.45) is 0 Å². The number of allylic oxidation sites excluding steroid dienone is 4. The normalized spacial score (nSPS) is 16.0. The van der Waals surface area contributed by atoms with E-state index >= 15 is 0 Å². The van der Waals surface area contributed by atoms with Crippen LogP contribution in [0.5, 0.6) is 0 Å². The molecule has 2 N–H and O–H groups in total. The fourth-order valence-electron chi connectivity index (χ4n) is 1.99. The molecule has 0 fully saturated rings. The molecule has 0 aliphatic carbocycles. The quantitative estimate of drug-likeness (QED) is 0.282. The van der Waals surface area contributed by atoms with Gasteiger partial charge in [-0.2, -0.15) is 26.3 Å². The van der Waals surface area contributed by atoms with E-state index < -0.39 is 23.5 Å². The molecule has 0 aromatic rings. The van der Waals surface area contributed by atoms with Crippen molar-refractivity contribution in [2.75, 3.05) is 7.05 Å². The fraction of sp³-hybridized carbons (Fsp3) is 0.778. The predicted molar refractivity (Wildman–Crippen MR) is 94.9 cm³/mol. The molecule has 0 heterocycles. The SMILES string of the molecule is CC.CNC(CC/C=C(\C)C(F)(F)F)NC(C)CC/C=C(/C)C(F)(F)F. The van der Waals surface area contributed by atoms with Crippen LogP contribution in [0.25, 0.3) is 0 Å². The Balaban J connectivity index is 0. The molecule has 2 unspecified atom stereocenters. The molecule has 156 valence electrons.